The van der Waals surface area contributed by atoms with Gasteiger partial charge in [-0.1, -0.05) is 11.1 Å². The fourth-order valence-electron chi connectivity index (χ4n) is 3.65. The lowest BCUT2D eigenvalue weighted by Crippen LogP contribution is -2.24. The van der Waals surface area contributed by atoms with Crippen LogP contribution in [0, 0.1) is 0 Å². The van der Waals surface area contributed by atoms with Crippen LogP contribution in [0.2, 0.25) is 0 Å². The van der Waals surface area contributed by atoms with E-state index in [1.54, 1.807) is 0 Å². The van der Waals surface area contributed by atoms with Crippen molar-refractivity contribution in [3.8, 4) is 0 Å². The molecule has 3 rings (SSSR count). The predicted molar refractivity (Wildman–Crippen MR) is 89.0 cm³/mol. The van der Waals surface area contributed by atoms with Gasteiger partial charge in [0.1, 0.15) is 0 Å². The van der Waals surface area contributed by atoms with Gasteiger partial charge >= 0.3 is 11.9 Å². The highest BCUT2D eigenvalue weighted by molar-refractivity contribution is 7.68. The number of carbonyl (C=O) groups is 2. The Labute approximate surface area is 136 Å². The number of rotatable bonds is 3. The highest BCUT2D eigenvalue weighted by atomic mass is 31.1. The molecule has 1 aromatic heterocycles. The van der Waals surface area contributed by atoms with Gasteiger partial charge in [-0.25, -0.2) is 9.59 Å². The van der Waals surface area contributed by atoms with Crippen LogP contribution in [0.1, 0.15) is 13.8 Å². The van der Waals surface area contributed by atoms with Gasteiger partial charge in [0.15, 0.2) is 0 Å². The first-order valence-corrected chi connectivity index (χ1v) is 8.89. The monoisotopic (exact) mass is 333 g/mol. The van der Waals surface area contributed by atoms with Crippen molar-refractivity contribution in [3.63, 3.8) is 0 Å². The second-order valence-corrected chi connectivity index (χ2v) is 8.17. The molecule has 0 amide bonds. The first-order chi connectivity index (χ1) is 10.9. The minimum atomic E-state index is -0.756. The zero-order valence-corrected chi connectivity index (χ0v) is 14.8. The lowest BCUT2D eigenvalue weighted by molar-refractivity contribution is -0.139. The van der Waals surface area contributed by atoms with Gasteiger partial charge in [-0.3, -0.25) is 0 Å². The Morgan fingerprint density at radius 1 is 1.04 bits per heavy atom. The van der Waals surface area contributed by atoms with E-state index in [4.69, 9.17) is 9.47 Å². The normalized spacial score (nSPS) is 26.0. The van der Waals surface area contributed by atoms with E-state index in [-0.39, 0.29) is 11.3 Å². The van der Waals surface area contributed by atoms with E-state index in [2.05, 4.69) is 24.5 Å². The van der Waals surface area contributed by atoms with Crippen LogP contribution in [0.4, 0.5) is 0 Å². The van der Waals surface area contributed by atoms with Gasteiger partial charge in [-0.2, -0.15) is 0 Å². The Bertz CT molecular complexity index is 716. The molecule has 2 aliphatic heterocycles. The number of carbonyl (C=O) groups excluding carboxylic acids is 2. The number of aryl methyl sites for hydroxylation is 1. The minimum absolute atomic E-state index is 0.0647. The maximum Gasteiger partial charge on any atom is 0.335 e. The summed E-state index contributed by atoms with van der Waals surface area (Å²) in [6.07, 6.45) is 2.00. The van der Waals surface area contributed by atoms with Crippen molar-refractivity contribution in [2.24, 2.45) is 7.05 Å². The summed E-state index contributed by atoms with van der Waals surface area (Å²) in [5.74, 6) is -0.849. The molecule has 3 heterocycles. The van der Waals surface area contributed by atoms with Gasteiger partial charge in [0.25, 0.3) is 0 Å². The molecule has 5 nitrogen and oxygen atoms in total. The van der Waals surface area contributed by atoms with Crippen LogP contribution in [0.3, 0.4) is 0 Å². The van der Waals surface area contributed by atoms with Crippen molar-refractivity contribution in [3.05, 3.63) is 40.6 Å². The molecule has 0 radical (unpaired) electrons. The third kappa shape index (κ3) is 2.10. The van der Waals surface area contributed by atoms with E-state index < -0.39 is 19.9 Å². The van der Waals surface area contributed by atoms with Crippen LogP contribution in [-0.4, -0.2) is 42.0 Å². The van der Waals surface area contributed by atoms with Crippen LogP contribution in [0.25, 0.3) is 0 Å². The molecule has 0 fully saturated rings. The number of methoxy groups -OCH3 is 2. The zero-order valence-electron chi connectivity index (χ0n) is 13.9. The first-order valence-electron chi connectivity index (χ1n) is 7.41. The third-order valence-corrected chi connectivity index (χ3v) is 8.22. The maximum atomic E-state index is 12.4. The average Bonchev–Trinajstić information content (AvgIpc) is 3.17. The van der Waals surface area contributed by atoms with Crippen molar-refractivity contribution in [1.82, 2.24) is 4.57 Å². The highest BCUT2D eigenvalue weighted by Gasteiger charge is 2.55. The Morgan fingerprint density at radius 2 is 1.52 bits per heavy atom. The Balaban J connectivity index is 2.19. The number of aromatic nitrogens is 1. The molecule has 0 saturated heterocycles. The molecule has 0 N–H and O–H groups in total. The van der Waals surface area contributed by atoms with Gasteiger partial charge in [-0.05, 0) is 33.9 Å². The fourth-order valence-corrected chi connectivity index (χ4v) is 7.45. The second kappa shape index (κ2) is 5.64. The standard InChI is InChI=1S/C17H20NO4P/c1-9-10(2)15-13(17(20)22-5)12(16(19)21-4)14(9)23(15)11-7-6-8-18(11)3/h6-8,14-15H,1-5H3. The van der Waals surface area contributed by atoms with E-state index in [1.165, 1.54) is 30.8 Å². The Kier molecular flexibility index (Phi) is 3.93. The van der Waals surface area contributed by atoms with E-state index in [9.17, 15) is 9.59 Å². The quantitative estimate of drug-likeness (QED) is 0.481. The first kappa shape index (κ1) is 16.0. The minimum Gasteiger partial charge on any atom is -0.466 e. The maximum absolute atomic E-state index is 12.4. The number of hydrogen-bond donors (Lipinski definition) is 0. The molecule has 23 heavy (non-hydrogen) atoms. The second-order valence-electron chi connectivity index (χ2n) is 5.87. The molecule has 2 unspecified atom stereocenters. The van der Waals surface area contributed by atoms with Crippen LogP contribution in [0.15, 0.2) is 40.6 Å². The summed E-state index contributed by atoms with van der Waals surface area (Å²) in [5, 5.41) is 0. The Hall–Kier alpha value is -1.87. The molecule has 0 aromatic carbocycles. The molecule has 0 saturated carbocycles. The van der Waals surface area contributed by atoms with Crippen molar-refractivity contribution in [2.75, 3.05) is 14.2 Å². The molecule has 2 aliphatic rings. The number of hydrogen-bond acceptors (Lipinski definition) is 4. The SMILES string of the molecule is COC(=O)C1=C(C(=O)OC)C2C(C)=C(C)C1P2c1cccn1C. The third-order valence-electron chi connectivity index (χ3n) is 4.83. The molecule has 2 atom stereocenters. The predicted octanol–water partition coefficient (Wildman–Crippen LogP) is 1.88. The number of fused-ring (bicyclic) bond motifs is 2. The summed E-state index contributed by atoms with van der Waals surface area (Å²) in [6, 6.07) is 4.07. The molecule has 6 heteroatoms. The van der Waals surface area contributed by atoms with E-state index >= 15 is 0 Å². The summed E-state index contributed by atoms with van der Waals surface area (Å²) in [5.41, 5.74) is 4.37. The molecular weight excluding hydrogens is 313 g/mol. The van der Waals surface area contributed by atoms with Gasteiger partial charge in [-0.15, -0.1) is 0 Å². The molecule has 122 valence electrons. The molecule has 0 spiro atoms. The van der Waals surface area contributed by atoms with E-state index in [0.29, 0.717) is 11.1 Å². The summed E-state index contributed by atoms with van der Waals surface area (Å²) in [7, 11) is 3.95. The summed E-state index contributed by atoms with van der Waals surface area (Å²) >= 11 is 0. The van der Waals surface area contributed by atoms with Gasteiger partial charge in [0.2, 0.25) is 0 Å². The smallest absolute Gasteiger partial charge is 0.335 e. The van der Waals surface area contributed by atoms with Crippen LogP contribution >= 0.6 is 7.92 Å². The van der Waals surface area contributed by atoms with Crippen molar-refractivity contribution in [1.29, 1.82) is 0 Å². The van der Waals surface area contributed by atoms with Crippen LogP contribution in [0.5, 0.6) is 0 Å². The molecular formula is C17H20NO4P. The summed E-state index contributed by atoms with van der Waals surface area (Å²) in [6.45, 7) is 4.10. The lowest BCUT2D eigenvalue weighted by Gasteiger charge is -2.21. The zero-order chi connectivity index (χ0) is 16.9. The van der Waals surface area contributed by atoms with Crippen LogP contribution in [-0.2, 0) is 26.1 Å². The highest BCUT2D eigenvalue weighted by Crippen LogP contribution is 2.67. The van der Waals surface area contributed by atoms with E-state index in [0.717, 1.165) is 0 Å². The number of ether oxygens (including phenoxy) is 2. The number of nitrogens with zero attached hydrogens (tertiary/aromatic N) is 1. The van der Waals surface area contributed by atoms with Gasteiger partial charge < -0.3 is 14.0 Å². The largest absolute Gasteiger partial charge is 0.466 e. The van der Waals surface area contributed by atoms with E-state index in [1.807, 2.05) is 19.3 Å². The van der Waals surface area contributed by atoms with Crippen molar-refractivity contribution in [2.45, 2.75) is 25.2 Å². The molecule has 2 bridgehead atoms. The number of allylic oxidation sites excluding steroid dienone is 2. The van der Waals surface area contributed by atoms with Crippen molar-refractivity contribution < 1.29 is 19.1 Å². The lowest BCUT2D eigenvalue weighted by atomic mass is 9.87. The topological polar surface area (TPSA) is 57.5 Å². The number of esters is 2. The Morgan fingerprint density at radius 3 is 1.87 bits per heavy atom. The fraction of sp³-hybridized carbons (Fsp3) is 0.412. The molecule has 0 aliphatic carbocycles. The van der Waals surface area contributed by atoms with Gasteiger partial charge in [0, 0.05) is 30.0 Å². The summed E-state index contributed by atoms with van der Waals surface area (Å²) in [4.78, 5) is 24.8. The van der Waals surface area contributed by atoms with Gasteiger partial charge in [0.05, 0.1) is 25.4 Å². The van der Waals surface area contributed by atoms with Crippen molar-refractivity contribution >= 4 is 25.3 Å². The van der Waals surface area contributed by atoms with Crippen LogP contribution < -0.4 is 5.44 Å². The molecule has 1 aromatic rings. The average molecular weight is 333 g/mol. The summed E-state index contributed by atoms with van der Waals surface area (Å²) < 4.78 is 12.0.